The molecule has 3 rings (SSSR count). The Labute approximate surface area is 156 Å². The number of aryl methyl sites for hydroxylation is 1. The molecule has 0 aliphatic rings. The number of hydrogen-bond acceptors (Lipinski definition) is 5. The van der Waals surface area contributed by atoms with Crippen molar-refractivity contribution in [2.75, 3.05) is 7.11 Å². The number of thiazole rings is 1. The average molecular weight is 375 g/mol. The number of methoxy groups -OCH3 is 1. The monoisotopic (exact) mass is 375 g/mol. The molecular formula is C20H22FNO3S. The van der Waals surface area contributed by atoms with Gasteiger partial charge in [0.2, 0.25) is 0 Å². The lowest BCUT2D eigenvalue weighted by molar-refractivity contribution is 0.0473. The second-order valence-corrected chi connectivity index (χ2v) is 7.52. The zero-order valence-electron chi connectivity index (χ0n) is 15.1. The van der Waals surface area contributed by atoms with Gasteiger partial charge in [0.25, 0.3) is 5.19 Å². The van der Waals surface area contributed by atoms with Crippen LogP contribution in [0.3, 0.4) is 0 Å². The second kappa shape index (κ2) is 7.60. The average Bonchev–Trinajstić information content (AvgIpc) is 3.02. The number of ether oxygens (including phenoxy) is 2. The fourth-order valence-electron chi connectivity index (χ4n) is 2.56. The summed E-state index contributed by atoms with van der Waals surface area (Å²) in [5.74, 6) is 0.861. The molecule has 0 saturated carbocycles. The van der Waals surface area contributed by atoms with Gasteiger partial charge in [-0.2, -0.15) is 0 Å². The van der Waals surface area contributed by atoms with E-state index in [1.165, 1.54) is 23.5 Å². The Bertz CT molecular complexity index is 907. The highest BCUT2D eigenvalue weighted by atomic mass is 32.1. The van der Waals surface area contributed by atoms with E-state index in [4.69, 9.17) is 9.47 Å². The molecule has 0 aliphatic carbocycles. The zero-order valence-corrected chi connectivity index (χ0v) is 15.9. The summed E-state index contributed by atoms with van der Waals surface area (Å²) in [6, 6.07) is 10.2. The molecule has 1 atom stereocenters. The standard InChI is InChI=1S/C20H22FNO3S/c1-4-20(2,23)10-9-13-5-8-16(17(11-13)24-3)25-19-22-15-7-6-14(21)12-18(15)26-19/h5-8,11-12,23H,4,9-10H2,1-3H3. The SMILES string of the molecule is CCC(C)(O)CCc1ccc(Oc2nc3ccc(F)cc3s2)c(OC)c1. The topological polar surface area (TPSA) is 51.6 Å². The van der Waals surface area contributed by atoms with Crippen molar-refractivity contribution in [1.82, 2.24) is 4.98 Å². The Kier molecular flexibility index (Phi) is 5.44. The molecule has 1 unspecified atom stereocenters. The number of benzene rings is 2. The number of rotatable bonds is 7. The molecule has 0 saturated heterocycles. The van der Waals surface area contributed by atoms with E-state index in [0.29, 0.717) is 35.1 Å². The van der Waals surface area contributed by atoms with Crippen molar-refractivity contribution in [3.8, 4) is 16.7 Å². The molecule has 1 N–H and O–H groups in total. The van der Waals surface area contributed by atoms with E-state index < -0.39 is 5.60 Å². The highest BCUT2D eigenvalue weighted by molar-refractivity contribution is 7.20. The van der Waals surface area contributed by atoms with E-state index in [-0.39, 0.29) is 5.82 Å². The molecule has 2 aromatic carbocycles. The number of nitrogens with zero attached hydrogens (tertiary/aromatic N) is 1. The van der Waals surface area contributed by atoms with Gasteiger partial charge in [-0.1, -0.05) is 24.3 Å². The van der Waals surface area contributed by atoms with Gasteiger partial charge in [-0.15, -0.1) is 0 Å². The fourth-order valence-corrected chi connectivity index (χ4v) is 3.41. The van der Waals surface area contributed by atoms with Gasteiger partial charge in [0.05, 0.1) is 22.9 Å². The van der Waals surface area contributed by atoms with Gasteiger partial charge in [0.1, 0.15) is 5.82 Å². The summed E-state index contributed by atoms with van der Waals surface area (Å²) < 4.78 is 25.3. The lowest BCUT2D eigenvalue weighted by Gasteiger charge is -2.21. The fraction of sp³-hybridized carbons (Fsp3) is 0.350. The summed E-state index contributed by atoms with van der Waals surface area (Å²) in [6.45, 7) is 3.82. The van der Waals surface area contributed by atoms with Crippen LogP contribution in [0.1, 0.15) is 32.3 Å². The van der Waals surface area contributed by atoms with E-state index in [9.17, 15) is 9.50 Å². The highest BCUT2D eigenvalue weighted by Gasteiger charge is 2.18. The first-order valence-corrected chi connectivity index (χ1v) is 9.35. The van der Waals surface area contributed by atoms with Crippen molar-refractivity contribution >= 4 is 21.6 Å². The van der Waals surface area contributed by atoms with Crippen molar-refractivity contribution in [2.45, 2.75) is 38.7 Å². The van der Waals surface area contributed by atoms with Crippen molar-refractivity contribution in [2.24, 2.45) is 0 Å². The molecule has 1 heterocycles. The summed E-state index contributed by atoms with van der Waals surface area (Å²) in [5, 5.41) is 10.6. The van der Waals surface area contributed by atoms with Crippen LogP contribution in [0.5, 0.6) is 16.7 Å². The number of aromatic nitrogens is 1. The lowest BCUT2D eigenvalue weighted by Crippen LogP contribution is -2.23. The van der Waals surface area contributed by atoms with Crippen LogP contribution in [0.4, 0.5) is 4.39 Å². The molecule has 3 aromatic rings. The first kappa shape index (κ1) is 18.6. The van der Waals surface area contributed by atoms with Crippen molar-refractivity contribution in [1.29, 1.82) is 0 Å². The van der Waals surface area contributed by atoms with Gasteiger partial charge in [-0.25, -0.2) is 9.37 Å². The van der Waals surface area contributed by atoms with E-state index >= 15 is 0 Å². The van der Waals surface area contributed by atoms with Crippen molar-refractivity contribution in [3.63, 3.8) is 0 Å². The largest absolute Gasteiger partial charge is 0.493 e. The lowest BCUT2D eigenvalue weighted by atomic mass is 9.94. The maximum Gasteiger partial charge on any atom is 0.279 e. The zero-order chi connectivity index (χ0) is 18.7. The maximum atomic E-state index is 13.3. The van der Waals surface area contributed by atoms with Gasteiger partial charge in [-0.05, 0) is 62.1 Å². The molecule has 0 radical (unpaired) electrons. The van der Waals surface area contributed by atoms with Crippen LogP contribution in [0, 0.1) is 5.82 Å². The van der Waals surface area contributed by atoms with Crippen LogP contribution in [0.15, 0.2) is 36.4 Å². The molecule has 138 valence electrons. The second-order valence-electron chi connectivity index (χ2n) is 6.53. The Balaban J connectivity index is 1.78. The van der Waals surface area contributed by atoms with Gasteiger partial charge in [-0.3, -0.25) is 0 Å². The predicted octanol–water partition coefficient (Wildman–Crippen LogP) is 5.33. The third kappa shape index (κ3) is 4.31. The number of fused-ring (bicyclic) bond motifs is 1. The Morgan fingerprint density at radius 3 is 2.73 bits per heavy atom. The first-order chi connectivity index (χ1) is 12.4. The number of halogens is 1. The number of aliphatic hydroxyl groups is 1. The summed E-state index contributed by atoms with van der Waals surface area (Å²) >= 11 is 1.28. The van der Waals surface area contributed by atoms with Gasteiger partial charge in [0, 0.05) is 0 Å². The summed E-state index contributed by atoms with van der Waals surface area (Å²) in [4.78, 5) is 4.37. The van der Waals surface area contributed by atoms with Crippen LogP contribution in [-0.4, -0.2) is 22.8 Å². The molecule has 0 fully saturated rings. The molecule has 0 bridgehead atoms. The Morgan fingerprint density at radius 2 is 2.00 bits per heavy atom. The normalized spacial score (nSPS) is 13.6. The van der Waals surface area contributed by atoms with Crippen LogP contribution in [0.2, 0.25) is 0 Å². The quantitative estimate of drug-likeness (QED) is 0.606. The van der Waals surface area contributed by atoms with E-state index in [2.05, 4.69) is 4.98 Å². The predicted molar refractivity (Wildman–Crippen MR) is 102 cm³/mol. The molecule has 1 aromatic heterocycles. The summed E-state index contributed by atoms with van der Waals surface area (Å²) in [5.41, 5.74) is 1.09. The molecule has 6 heteroatoms. The Morgan fingerprint density at radius 1 is 1.19 bits per heavy atom. The first-order valence-electron chi connectivity index (χ1n) is 8.53. The molecule has 0 amide bonds. The number of hydrogen-bond donors (Lipinski definition) is 1. The van der Waals surface area contributed by atoms with E-state index in [1.807, 2.05) is 32.0 Å². The molecule has 0 spiro atoms. The molecule has 26 heavy (non-hydrogen) atoms. The summed E-state index contributed by atoms with van der Waals surface area (Å²) in [6.07, 6.45) is 2.14. The van der Waals surface area contributed by atoms with Gasteiger partial charge in [0.15, 0.2) is 11.5 Å². The maximum absolute atomic E-state index is 13.3. The minimum absolute atomic E-state index is 0.294. The minimum atomic E-state index is -0.668. The molecular weight excluding hydrogens is 353 g/mol. The van der Waals surface area contributed by atoms with E-state index in [1.54, 1.807) is 13.2 Å². The van der Waals surface area contributed by atoms with Crippen LogP contribution in [-0.2, 0) is 6.42 Å². The van der Waals surface area contributed by atoms with Crippen LogP contribution >= 0.6 is 11.3 Å². The van der Waals surface area contributed by atoms with Crippen molar-refractivity contribution in [3.05, 3.63) is 47.8 Å². The summed E-state index contributed by atoms with van der Waals surface area (Å²) in [7, 11) is 1.59. The van der Waals surface area contributed by atoms with Gasteiger partial charge < -0.3 is 14.6 Å². The Hall–Kier alpha value is -2.18. The third-order valence-electron chi connectivity index (χ3n) is 4.47. The molecule has 0 aliphatic heterocycles. The van der Waals surface area contributed by atoms with Crippen LogP contribution in [0.25, 0.3) is 10.2 Å². The minimum Gasteiger partial charge on any atom is -0.493 e. The van der Waals surface area contributed by atoms with Crippen LogP contribution < -0.4 is 9.47 Å². The molecule has 4 nitrogen and oxygen atoms in total. The van der Waals surface area contributed by atoms with E-state index in [0.717, 1.165) is 16.7 Å². The van der Waals surface area contributed by atoms with Crippen molar-refractivity contribution < 1.29 is 19.0 Å². The van der Waals surface area contributed by atoms with Gasteiger partial charge >= 0.3 is 0 Å². The third-order valence-corrected chi connectivity index (χ3v) is 5.37. The highest BCUT2D eigenvalue weighted by Crippen LogP contribution is 2.36. The smallest absolute Gasteiger partial charge is 0.279 e.